The first-order valence-corrected chi connectivity index (χ1v) is 6.06. The van der Waals surface area contributed by atoms with Crippen molar-refractivity contribution < 1.29 is 4.42 Å². The van der Waals surface area contributed by atoms with Gasteiger partial charge in [0.2, 0.25) is 0 Å². The second-order valence-electron chi connectivity index (χ2n) is 4.87. The molecular weight excluding hydrogens is 214 g/mol. The van der Waals surface area contributed by atoms with Crippen LogP contribution in [0.2, 0.25) is 0 Å². The molecule has 2 heterocycles. The van der Waals surface area contributed by atoms with Crippen molar-refractivity contribution >= 4 is 5.82 Å². The Morgan fingerprint density at radius 2 is 2.29 bits per heavy atom. The minimum absolute atomic E-state index is 0.399. The van der Waals surface area contributed by atoms with E-state index >= 15 is 0 Å². The summed E-state index contributed by atoms with van der Waals surface area (Å²) in [6, 6.07) is 4.26. The molecule has 1 aliphatic rings. The Morgan fingerprint density at radius 3 is 2.88 bits per heavy atom. The van der Waals surface area contributed by atoms with E-state index in [0.29, 0.717) is 6.04 Å². The molecule has 2 aromatic heterocycles. The van der Waals surface area contributed by atoms with Gasteiger partial charge in [0.05, 0.1) is 18.0 Å². The van der Waals surface area contributed by atoms with E-state index in [4.69, 9.17) is 10.2 Å². The SMILES string of the molecule is Cc1occc1-c1cc(N)n(C(C)C2CC2)n1. The van der Waals surface area contributed by atoms with Crippen LogP contribution in [-0.2, 0) is 0 Å². The first-order valence-electron chi connectivity index (χ1n) is 6.06. The summed E-state index contributed by atoms with van der Waals surface area (Å²) in [7, 11) is 0. The van der Waals surface area contributed by atoms with Gasteiger partial charge in [0.25, 0.3) is 0 Å². The number of anilines is 1. The molecule has 0 radical (unpaired) electrons. The Balaban J connectivity index is 1.98. The Labute approximate surface area is 100 Å². The van der Waals surface area contributed by atoms with Crippen LogP contribution in [0.15, 0.2) is 22.8 Å². The van der Waals surface area contributed by atoms with E-state index in [-0.39, 0.29) is 0 Å². The van der Waals surface area contributed by atoms with Crippen molar-refractivity contribution in [1.29, 1.82) is 0 Å². The number of nitrogens with two attached hydrogens (primary N) is 1. The van der Waals surface area contributed by atoms with Gasteiger partial charge in [-0.2, -0.15) is 5.10 Å². The van der Waals surface area contributed by atoms with Gasteiger partial charge in [-0.25, -0.2) is 4.68 Å². The third-order valence-corrected chi connectivity index (χ3v) is 3.59. The Morgan fingerprint density at radius 1 is 1.53 bits per heavy atom. The molecule has 1 aliphatic carbocycles. The highest BCUT2D eigenvalue weighted by Gasteiger charge is 2.30. The van der Waals surface area contributed by atoms with Crippen LogP contribution in [0, 0.1) is 12.8 Å². The predicted molar refractivity (Wildman–Crippen MR) is 66.5 cm³/mol. The lowest BCUT2D eigenvalue weighted by Crippen LogP contribution is -2.11. The highest BCUT2D eigenvalue weighted by molar-refractivity contribution is 5.64. The van der Waals surface area contributed by atoms with E-state index in [1.807, 2.05) is 23.7 Å². The van der Waals surface area contributed by atoms with Gasteiger partial charge in [-0.05, 0) is 38.7 Å². The average Bonchev–Trinajstić information content (AvgIpc) is 2.96. The number of nitrogens with zero attached hydrogens (tertiary/aromatic N) is 2. The van der Waals surface area contributed by atoms with Gasteiger partial charge in [0, 0.05) is 11.6 Å². The van der Waals surface area contributed by atoms with Crippen LogP contribution >= 0.6 is 0 Å². The van der Waals surface area contributed by atoms with E-state index in [1.54, 1.807) is 6.26 Å². The fourth-order valence-electron chi connectivity index (χ4n) is 2.30. The number of rotatable bonds is 3. The van der Waals surface area contributed by atoms with Crippen molar-refractivity contribution in [2.75, 3.05) is 5.73 Å². The van der Waals surface area contributed by atoms with Gasteiger partial charge >= 0.3 is 0 Å². The third kappa shape index (κ3) is 1.73. The molecule has 2 aromatic rings. The van der Waals surface area contributed by atoms with Crippen molar-refractivity contribution in [1.82, 2.24) is 9.78 Å². The van der Waals surface area contributed by atoms with Crippen LogP contribution < -0.4 is 5.73 Å². The van der Waals surface area contributed by atoms with E-state index in [0.717, 1.165) is 28.8 Å². The van der Waals surface area contributed by atoms with Crippen molar-refractivity contribution in [2.24, 2.45) is 5.92 Å². The maximum absolute atomic E-state index is 6.03. The Hall–Kier alpha value is -1.71. The first kappa shape index (κ1) is 10.4. The van der Waals surface area contributed by atoms with Gasteiger partial charge in [-0.15, -0.1) is 0 Å². The largest absolute Gasteiger partial charge is 0.469 e. The van der Waals surface area contributed by atoms with Crippen LogP contribution in [-0.4, -0.2) is 9.78 Å². The molecule has 1 atom stereocenters. The molecule has 4 heteroatoms. The lowest BCUT2D eigenvalue weighted by atomic mass is 10.2. The highest BCUT2D eigenvalue weighted by atomic mass is 16.3. The molecule has 90 valence electrons. The second-order valence-corrected chi connectivity index (χ2v) is 4.87. The van der Waals surface area contributed by atoms with Gasteiger partial charge in [-0.3, -0.25) is 0 Å². The van der Waals surface area contributed by atoms with E-state index in [1.165, 1.54) is 12.8 Å². The zero-order valence-corrected chi connectivity index (χ0v) is 10.2. The maximum Gasteiger partial charge on any atom is 0.122 e. The Bertz CT molecular complexity index is 537. The normalized spacial score (nSPS) is 17.3. The van der Waals surface area contributed by atoms with Crippen LogP contribution in [0.3, 0.4) is 0 Å². The van der Waals surface area contributed by atoms with Crippen LogP contribution in [0.1, 0.15) is 31.6 Å². The Kier molecular flexibility index (Phi) is 2.24. The highest BCUT2D eigenvalue weighted by Crippen LogP contribution is 2.40. The van der Waals surface area contributed by atoms with Crippen LogP contribution in [0.4, 0.5) is 5.82 Å². The number of aryl methyl sites for hydroxylation is 1. The molecule has 1 fully saturated rings. The molecular formula is C13H17N3O. The molecule has 0 bridgehead atoms. The summed E-state index contributed by atoms with van der Waals surface area (Å²) < 4.78 is 7.24. The van der Waals surface area contributed by atoms with E-state index in [9.17, 15) is 0 Å². The zero-order chi connectivity index (χ0) is 12.0. The van der Waals surface area contributed by atoms with Crippen molar-refractivity contribution in [3.8, 4) is 11.3 Å². The lowest BCUT2D eigenvalue weighted by molar-refractivity contribution is 0.447. The summed E-state index contributed by atoms with van der Waals surface area (Å²) in [4.78, 5) is 0. The van der Waals surface area contributed by atoms with Gasteiger partial charge in [-0.1, -0.05) is 0 Å². The second kappa shape index (κ2) is 3.65. The molecule has 3 rings (SSSR count). The molecule has 17 heavy (non-hydrogen) atoms. The number of furan rings is 1. The molecule has 1 unspecified atom stereocenters. The molecule has 0 spiro atoms. The molecule has 0 aliphatic heterocycles. The first-order chi connectivity index (χ1) is 8.16. The summed E-state index contributed by atoms with van der Waals surface area (Å²) in [5, 5.41) is 4.61. The van der Waals surface area contributed by atoms with Gasteiger partial charge in [0.15, 0.2) is 0 Å². The van der Waals surface area contributed by atoms with Gasteiger partial charge in [0.1, 0.15) is 11.6 Å². The quantitative estimate of drug-likeness (QED) is 0.883. The van der Waals surface area contributed by atoms with Gasteiger partial charge < -0.3 is 10.2 Å². The number of aromatic nitrogens is 2. The number of nitrogen functional groups attached to an aromatic ring is 1. The average molecular weight is 231 g/mol. The van der Waals surface area contributed by atoms with Crippen molar-refractivity contribution in [2.45, 2.75) is 32.7 Å². The lowest BCUT2D eigenvalue weighted by Gasteiger charge is -2.12. The fraction of sp³-hybridized carbons (Fsp3) is 0.462. The van der Waals surface area contributed by atoms with Crippen LogP contribution in [0.5, 0.6) is 0 Å². The van der Waals surface area contributed by atoms with Crippen LogP contribution in [0.25, 0.3) is 11.3 Å². The molecule has 0 aromatic carbocycles. The standard InChI is InChI=1S/C13H17N3O/c1-8(10-3-4-10)16-13(14)7-12(15-16)11-5-6-17-9(11)2/h5-8,10H,3-4,14H2,1-2H3. The van der Waals surface area contributed by atoms with Crippen molar-refractivity contribution in [3.63, 3.8) is 0 Å². The summed E-state index contributed by atoms with van der Waals surface area (Å²) in [5.74, 6) is 2.37. The summed E-state index contributed by atoms with van der Waals surface area (Å²) >= 11 is 0. The minimum atomic E-state index is 0.399. The molecule has 0 amide bonds. The summed E-state index contributed by atoms with van der Waals surface area (Å²) in [6.07, 6.45) is 4.27. The fourth-order valence-corrected chi connectivity index (χ4v) is 2.30. The summed E-state index contributed by atoms with van der Waals surface area (Å²) in [6.45, 7) is 4.13. The molecule has 0 saturated heterocycles. The predicted octanol–water partition coefficient (Wildman–Crippen LogP) is 3.00. The third-order valence-electron chi connectivity index (χ3n) is 3.59. The zero-order valence-electron chi connectivity index (χ0n) is 10.2. The maximum atomic E-state index is 6.03. The topological polar surface area (TPSA) is 57.0 Å². The summed E-state index contributed by atoms with van der Waals surface area (Å²) in [5.41, 5.74) is 7.96. The molecule has 4 nitrogen and oxygen atoms in total. The van der Waals surface area contributed by atoms with Crippen molar-refractivity contribution in [3.05, 3.63) is 24.2 Å². The smallest absolute Gasteiger partial charge is 0.122 e. The molecule has 2 N–H and O–H groups in total. The molecule has 1 saturated carbocycles. The number of hydrogen-bond acceptors (Lipinski definition) is 3. The monoisotopic (exact) mass is 231 g/mol. The van der Waals surface area contributed by atoms with E-state index < -0.39 is 0 Å². The van der Waals surface area contributed by atoms with E-state index in [2.05, 4.69) is 12.0 Å². The minimum Gasteiger partial charge on any atom is -0.469 e. The number of hydrogen-bond donors (Lipinski definition) is 1.